The van der Waals surface area contributed by atoms with Crippen LogP contribution in [0.4, 0.5) is 5.69 Å². The average Bonchev–Trinajstić information content (AvgIpc) is 3.00. The summed E-state index contributed by atoms with van der Waals surface area (Å²) >= 11 is 6.08. The third-order valence-corrected chi connectivity index (χ3v) is 5.41. The summed E-state index contributed by atoms with van der Waals surface area (Å²) in [6, 6.07) is 14.8. The Hall–Kier alpha value is -2.05. The summed E-state index contributed by atoms with van der Waals surface area (Å²) in [6.45, 7) is 0. The summed E-state index contributed by atoms with van der Waals surface area (Å²) in [6.07, 6.45) is 1.68. The van der Waals surface area contributed by atoms with Gasteiger partial charge < -0.3 is 4.90 Å². The second-order valence-electron chi connectivity index (χ2n) is 6.30. The predicted octanol–water partition coefficient (Wildman–Crippen LogP) is 3.52. The molecule has 0 saturated heterocycles. The van der Waals surface area contributed by atoms with E-state index < -0.39 is 10.0 Å². The fraction of sp³-hybridized carbons (Fsp3) is 0.278. The Morgan fingerprint density at radius 1 is 1.16 bits per heavy atom. The minimum Gasteiger partial charge on any atom is -0.378 e. The summed E-state index contributed by atoms with van der Waals surface area (Å²) in [5, 5.41) is 4.98. The van der Waals surface area contributed by atoms with Crippen molar-refractivity contribution in [2.75, 3.05) is 25.3 Å². The average molecular weight is 378 g/mol. The number of sulfonamides is 1. The van der Waals surface area contributed by atoms with Crippen molar-refractivity contribution in [3.63, 3.8) is 0 Å². The molecule has 2 aromatic rings. The van der Waals surface area contributed by atoms with Crippen molar-refractivity contribution in [1.29, 1.82) is 0 Å². The summed E-state index contributed by atoms with van der Waals surface area (Å²) in [7, 11) is 0.469. The lowest BCUT2D eigenvalue weighted by molar-refractivity contribution is 0.375. The van der Waals surface area contributed by atoms with E-state index in [1.54, 1.807) is 12.1 Å². The van der Waals surface area contributed by atoms with Crippen molar-refractivity contribution in [2.24, 2.45) is 5.10 Å². The molecule has 0 aliphatic carbocycles. The molecule has 0 spiro atoms. The monoisotopic (exact) mass is 377 g/mol. The number of halogens is 1. The van der Waals surface area contributed by atoms with E-state index in [0.29, 0.717) is 11.4 Å². The molecule has 1 aliphatic heterocycles. The van der Waals surface area contributed by atoms with Crippen molar-refractivity contribution in [3.05, 3.63) is 64.7 Å². The molecule has 1 aliphatic rings. The number of anilines is 1. The first-order chi connectivity index (χ1) is 11.8. The topological polar surface area (TPSA) is 53.0 Å². The van der Waals surface area contributed by atoms with Gasteiger partial charge in [0.15, 0.2) is 0 Å². The molecule has 0 aromatic heterocycles. The third-order valence-electron chi connectivity index (χ3n) is 4.16. The van der Waals surface area contributed by atoms with Crippen LogP contribution in [0.3, 0.4) is 0 Å². The molecular weight excluding hydrogens is 358 g/mol. The molecule has 2 aromatic carbocycles. The fourth-order valence-electron chi connectivity index (χ4n) is 2.88. The number of hydrogen-bond acceptors (Lipinski definition) is 4. The number of rotatable bonds is 4. The van der Waals surface area contributed by atoms with Crippen LogP contribution >= 0.6 is 11.6 Å². The molecule has 1 heterocycles. The van der Waals surface area contributed by atoms with Gasteiger partial charge in [0.1, 0.15) is 0 Å². The van der Waals surface area contributed by atoms with Crippen LogP contribution in [0.25, 0.3) is 0 Å². The van der Waals surface area contributed by atoms with E-state index in [2.05, 4.69) is 5.10 Å². The largest absolute Gasteiger partial charge is 0.378 e. The lowest BCUT2D eigenvalue weighted by atomic mass is 9.99. The molecule has 25 heavy (non-hydrogen) atoms. The van der Waals surface area contributed by atoms with Gasteiger partial charge in [-0.1, -0.05) is 35.9 Å². The van der Waals surface area contributed by atoms with Crippen LogP contribution in [0.2, 0.25) is 5.02 Å². The highest BCUT2D eigenvalue weighted by molar-refractivity contribution is 7.88. The second kappa shape index (κ2) is 6.69. The van der Waals surface area contributed by atoms with E-state index >= 15 is 0 Å². The summed E-state index contributed by atoms with van der Waals surface area (Å²) in [5.41, 5.74) is 3.58. The highest BCUT2D eigenvalue weighted by Crippen LogP contribution is 2.35. The van der Waals surface area contributed by atoms with Crippen LogP contribution < -0.4 is 4.90 Å². The second-order valence-corrected chi connectivity index (χ2v) is 8.58. The van der Waals surface area contributed by atoms with Crippen LogP contribution in [-0.4, -0.2) is 38.9 Å². The number of nitrogens with zero attached hydrogens (tertiary/aromatic N) is 3. The molecule has 7 heteroatoms. The Bertz CT molecular complexity index is 908. The Labute approximate surface area is 153 Å². The third kappa shape index (κ3) is 3.80. The molecule has 0 radical (unpaired) electrons. The highest BCUT2D eigenvalue weighted by atomic mass is 35.5. The first-order valence-corrected chi connectivity index (χ1v) is 10.1. The maximum atomic E-state index is 12.2. The number of hydrazone groups is 1. The zero-order valence-corrected chi connectivity index (χ0v) is 15.9. The maximum absolute atomic E-state index is 12.2. The van der Waals surface area contributed by atoms with Gasteiger partial charge >= 0.3 is 0 Å². The van der Waals surface area contributed by atoms with E-state index in [1.807, 2.05) is 55.4 Å². The Kier molecular flexibility index (Phi) is 4.75. The summed E-state index contributed by atoms with van der Waals surface area (Å²) in [4.78, 5) is 2.01. The first-order valence-electron chi connectivity index (χ1n) is 7.86. The smallest absolute Gasteiger partial charge is 0.247 e. The molecule has 132 valence electrons. The molecule has 0 bridgehead atoms. The standard InChI is InChI=1S/C18H20ClN3O2S/c1-21(2)16-9-7-13(8-10-16)17-12-18(22(20-17)25(3,23)24)14-5-4-6-15(19)11-14/h4-11,18H,12H2,1-3H3. The van der Waals surface area contributed by atoms with Gasteiger partial charge in [-0.3, -0.25) is 0 Å². The van der Waals surface area contributed by atoms with Crippen molar-refractivity contribution in [3.8, 4) is 0 Å². The molecule has 0 N–H and O–H groups in total. The first kappa shape index (κ1) is 17.8. The Morgan fingerprint density at radius 2 is 1.84 bits per heavy atom. The lowest BCUT2D eigenvalue weighted by Crippen LogP contribution is -2.25. The summed E-state index contributed by atoms with van der Waals surface area (Å²) < 4.78 is 25.6. The van der Waals surface area contributed by atoms with Gasteiger partial charge in [-0.05, 0) is 35.4 Å². The maximum Gasteiger partial charge on any atom is 0.247 e. The SMILES string of the molecule is CN(C)c1ccc(C2=NN(S(C)(=O)=O)C(c3cccc(Cl)c3)C2)cc1. The molecule has 5 nitrogen and oxygen atoms in total. The Balaban J connectivity index is 1.97. The van der Waals surface area contributed by atoms with Crippen molar-refractivity contribution in [2.45, 2.75) is 12.5 Å². The number of hydrogen-bond donors (Lipinski definition) is 0. The van der Waals surface area contributed by atoms with Gasteiger partial charge in [0, 0.05) is 31.2 Å². The van der Waals surface area contributed by atoms with Crippen LogP contribution in [0.1, 0.15) is 23.6 Å². The lowest BCUT2D eigenvalue weighted by Gasteiger charge is -2.21. The highest BCUT2D eigenvalue weighted by Gasteiger charge is 2.34. The quantitative estimate of drug-likeness (QED) is 0.819. The number of benzene rings is 2. The normalized spacial score (nSPS) is 17.5. The van der Waals surface area contributed by atoms with E-state index in [4.69, 9.17) is 11.6 Å². The van der Waals surface area contributed by atoms with Gasteiger partial charge in [0.25, 0.3) is 0 Å². The molecule has 3 rings (SSSR count). The van der Waals surface area contributed by atoms with Gasteiger partial charge in [0.2, 0.25) is 10.0 Å². The minimum absolute atomic E-state index is 0.378. The van der Waals surface area contributed by atoms with Crippen molar-refractivity contribution < 1.29 is 8.42 Å². The van der Waals surface area contributed by atoms with Gasteiger partial charge in [0.05, 0.1) is 18.0 Å². The molecule has 0 fully saturated rings. The molecular formula is C18H20ClN3O2S. The van der Waals surface area contributed by atoms with Gasteiger partial charge in [-0.25, -0.2) is 8.42 Å². The van der Waals surface area contributed by atoms with E-state index in [0.717, 1.165) is 22.5 Å². The predicted molar refractivity (Wildman–Crippen MR) is 103 cm³/mol. The molecule has 1 unspecified atom stereocenters. The van der Waals surface area contributed by atoms with Crippen LogP contribution in [0.5, 0.6) is 0 Å². The van der Waals surface area contributed by atoms with Gasteiger partial charge in [-0.15, -0.1) is 0 Å². The van der Waals surface area contributed by atoms with Crippen LogP contribution in [0, 0.1) is 0 Å². The summed E-state index contributed by atoms with van der Waals surface area (Å²) in [5.74, 6) is 0. The van der Waals surface area contributed by atoms with Crippen LogP contribution in [-0.2, 0) is 10.0 Å². The zero-order chi connectivity index (χ0) is 18.2. The fourth-order valence-corrected chi connectivity index (χ4v) is 3.99. The van der Waals surface area contributed by atoms with Crippen molar-refractivity contribution >= 4 is 33.0 Å². The van der Waals surface area contributed by atoms with Gasteiger partial charge in [-0.2, -0.15) is 9.52 Å². The minimum atomic E-state index is -3.48. The molecule has 0 saturated carbocycles. The molecule has 1 atom stereocenters. The molecule has 0 amide bonds. The van der Waals surface area contributed by atoms with E-state index in [-0.39, 0.29) is 6.04 Å². The van der Waals surface area contributed by atoms with E-state index in [1.165, 1.54) is 10.7 Å². The van der Waals surface area contributed by atoms with Crippen LogP contribution in [0.15, 0.2) is 53.6 Å². The van der Waals surface area contributed by atoms with Crippen molar-refractivity contribution in [1.82, 2.24) is 4.41 Å². The van der Waals surface area contributed by atoms with E-state index in [9.17, 15) is 8.42 Å². The Morgan fingerprint density at radius 3 is 2.40 bits per heavy atom. The zero-order valence-electron chi connectivity index (χ0n) is 14.3.